The van der Waals surface area contributed by atoms with Gasteiger partial charge in [0.05, 0.1) is 32.5 Å². The topological polar surface area (TPSA) is 89.5 Å². The second-order valence-corrected chi connectivity index (χ2v) is 7.13. The van der Waals surface area contributed by atoms with E-state index in [2.05, 4.69) is 0 Å². The number of allylic oxidation sites excluding steroid dienone is 1. The van der Waals surface area contributed by atoms with E-state index in [0.29, 0.717) is 45.4 Å². The summed E-state index contributed by atoms with van der Waals surface area (Å²) in [7, 11) is 4.50. The molecule has 1 heterocycles. The molecule has 1 aliphatic heterocycles. The molecule has 1 aliphatic rings. The van der Waals surface area contributed by atoms with Gasteiger partial charge in [0.15, 0.2) is 28.8 Å². The van der Waals surface area contributed by atoms with Gasteiger partial charge in [-0.3, -0.25) is 4.79 Å². The summed E-state index contributed by atoms with van der Waals surface area (Å²) >= 11 is 0. The van der Waals surface area contributed by atoms with Gasteiger partial charge in [-0.1, -0.05) is 12.1 Å². The minimum absolute atomic E-state index is 0.115. The number of benzene rings is 3. The maximum atomic E-state index is 12.7. The summed E-state index contributed by atoms with van der Waals surface area (Å²) in [6.07, 6.45) is 3.06. The Morgan fingerprint density at radius 1 is 0.794 bits per heavy atom. The smallest absolute Gasteiger partial charge is 0.343 e. The molecule has 0 fully saturated rings. The van der Waals surface area contributed by atoms with Crippen LogP contribution in [0, 0.1) is 0 Å². The molecule has 8 nitrogen and oxygen atoms in total. The molecule has 8 heteroatoms. The van der Waals surface area contributed by atoms with E-state index in [0.717, 1.165) is 0 Å². The van der Waals surface area contributed by atoms with Gasteiger partial charge < -0.3 is 28.4 Å². The van der Waals surface area contributed by atoms with E-state index in [-0.39, 0.29) is 18.3 Å². The van der Waals surface area contributed by atoms with Crippen LogP contribution in [-0.2, 0) is 0 Å². The maximum absolute atomic E-state index is 12.7. The summed E-state index contributed by atoms with van der Waals surface area (Å²) in [4.78, 5) is 25.3. The fourth-order valence-electron chi connectivity index (χ4n) is 3.32. The fraction of sp³-hybridized carbons (Fsp3) is 0.154. The van der Waals surface area contributed by atoms with Crippen molar-refractivity contribution < 1.29 is 38.0 Å². The Balaban J connectivity index is 1.49. The number of ether oxygens (including phenoxy) is 6. The third kappa shape index (κ3) is 4.80. The van der Waals surface area contributed by atoms with Crippen LogP contribution in [0.4, 0.5) is 0 Å². The van der Waals surface area contributed by atoms with Crippen LogP contribution < -0.4 is 28.4 Å². The van der Waals surface area contributed by atoms with Crippen molar-refractivity contribution in [3.63, 3.8) is 0 Å². The molecular formula is C26H22O8. The minimum Gasteiger partial charge on any atom is -0.497 e. The summed E-state index contributed by atoms with van der Waals surface area (Å²) < 4.78 is 31.9. The van der Waals surface area contributed by atoms with Gasteiger partial charge >= 0.3 is 5.97 Å². The Morgan fingerprint density at radius 2 is 1.59 bits per heavy atom. The lowest BCUT2D eigenvalue weighted by Gasteiger charge is -2.10. The van der Waals surface area contributed by atoms with Crippen LogP contribution in [-0.4, -0.2) is 39.9 Å². The van der Waals surface area contributed by atoms with E-state index in [1.165, 1.54) is 20.3 Å². The maximum Gasteiger partial charge on any atom is 0.343 e. The van der Waals surface area contributed by atoms with Crippen molar-refractivity contribution in [2.24, 2.45) is 0 Å². The largest absolute Gasteiger partial charge is 0.497 e. The van der Waals surface area contributed by atoms with E-state index in [1.807, 2.05) is 0 Å². The van der Waals surface area contributed by atoms with E-state index in [1.54, 1.807) is 67.8 Å². The number of hydrogen-bond acceptors (Lipinski definition) is 8. The molecule has 174 valence electrons. The normalized spacial score (nSPS) is 11.9. The van der Waals surface area contributed by atoms with Gasteiger partial charge in [-0.15, -0.1) is 0 Å². The lowest BCUT2D eigenvalue weighted by atomic mass is 10.1. The molecule has 0 aliphatic carbocycles. The Kier molecular flexibility index (Phi) is 6.68. The molecule has 0 saturated heterocycles. The van der Waals surface area contributed by atoms with Gasteiger partial charge in [-0.05, 0) is 54.1 Å². The van der Waals surface area contributed by atoms with E-state index >= 15 is 0 Å². The predicted octanol–water partition coefficient (Wildman–Crippen LogP) is 4.56. The third-order valence-corrected chi connectivity index (χ3v) is 5.10. The molecule has 0 atom stereocenters. The first kappa shape index (κ1) is 22.7. The first-order valence-corrected chi connectivity index (χ1v) is 10.3. The lowest BCUT2D eigenvalue weighted by Crippen LogP contribution is -2.09. The highest BCUT2D eigenvalue weighted by atomic mass is 16.7. The number of carbonyl (C=O) groups excluding carboxylic acids is 2. The van der Waals surface area contributed by atoms with E-state index in [9.17, 15) is 9.59 Å². The Labute approximate surface area is 196 Å². The zero-order chi connectivity index (χ0) is 24.1. The average Bonchev–Trinajstić information content (AvgIpc) is 3.35. The lowest BCUT2D eigenvalue weighted by molar-refractivity contribution is 0.0729. The zero-order valence-electron chi connectivity index (χ0n) is 18.8. The van der Waals surface area contributed by atoms with Gasteiger partial charge in [0.1, 0.15) is 11.5 Å². The zero-order valence-corrected chi connectivity index (χ0v) is 18.8. The van der Waals surface area contributed by atoms with Crippen LogP contribution in [0.3, 0.4) is 0 Å². The average molecular weight is 462 g/mol. The molecule has 3 aromatic carbocycles. The van der Waals surface area contributed by atoms with Crippen molar-refractivity contribution in [3.05, 3.63) is 77.4 Å². The number of methoxy groups -OCH3 is 3. The van der Waals surface area contributed by atoms with Crippen molar-refractivity contribution in [1.82, 2.24) is 0 Å². The first-order valence-electron chi connectivity index (χ1n) is 10.3. The summed E-state index contributed by atoms with van der Waals surface area (Å²) in [6, 6.07) is 14.8. The van der Waals surface area contributed by atoms with Gasteiger partial charge in [-0.25, -0.2) is 4.79 Å². The molecule has 34 heavy (non-hydrogen) atoms. The van der Waals surface area contributed by atoms with Gasteiger partial charge in [0.2, 0.25) is 6.79 Å². The molecule has 0 spiro atoms. The molecule has 0 saturated carbocycles. The first-order chi connectivity index (χ1) is 16.5. The Morgan fingerprint density at radius 3 is 2.35 bits per heavy atom. The molecule has 0 unspecified atom stereocenters. The Bertz CT molecular complexity index is 1260. The predicted molar refractivity (Wildman–Crippen MR) is 123 cm³/mol. The summed E-state index contributed by atoms with van der Waals surface area (Å²) in [5.41, 5.74) is 1.40. The van der Waals surface area contributed by atoms with Gasteiger partial charge in [-0.2, -0.15) is 0 Å². The van der Waals surface area contributed by atoms with Crippen LogP contribution in [0.1, 0.15) is 26.3 Å². The summed E-state index contributed by atoms with van der Waals surface area (Å²) in [5.74, 6) is 1.84. The number of fused-ring (bicyclic) bond motifs is 1. The van der Waals surface area contributed by atoms with Gasteiger partial charge in [0.25, 0.3) is 0 Å². The second kappa shape index (κ2) is 9.99. The van der Waals surface area contributed by atoms with Crippen molar-refractivity contribution in [1.29, 1.82) is 0 Å². The van der Waals surface area contributed by atoms with E-state index < -0.39 is 5.97 Å². The molecule has 0 amide bonds. The summed E-state index contributed by atoms with van der Waals surface area (Å²) in [6.45, 7) is 0.115. The van der Waals surface area contributed by atoms with Crippen LogP contribution in [0.2, 0.25) is 0 Å². The Hall–Kier alpha value is -4.46. The highest BCUT2D eigenvalue weighted by Gasteiger charge is 2.19. The molecule has 3 aromatic rings. The monoisotopic (exact) mass is 462 g/mol. The number of ketones is 1. The SMILES string of the molecule is COc1ccc(C(=O)/C=C/c2ccc(OC(=O)c3ccc4c(c3)OCO4)c(OC)c2)c(OC)c1. The molecular weight excluding hydrogens is 440 g/mol. The van der Waals surface area contributed by atoms with Crippen LogP contribution >= 0.6 is 0 Å². The van der Waals surface area contributed by atoms with Crippen molar-refractivity contribution in [2.75, 3.05) is 28.1 Å². The molecule has 4 rings (SSSR count). The highest BCUT2D eigenvalue weighted by molar-refractivity contribution is 6.08. The van der Waals surface area contributed by atoms with Crippen molar-refractivity contribution >= 4 is 17.8 Å². The summed E-state index contributed by atoms with van der Waals surface area (Å²) in [5, 5.41) is 0. The number of rotatable bonds is 8. The van der Waals surface area contributed by atoms with E-state index in [4.69, 9.17) is 28.4 Å². The number of esters is 1. The third-order valence-electron chi connectivity index (χ3n) is 5.10. The quantitative estimate of drug-likeness (QED) is 0.208. The minimum atomic E-state index is -0.568. The molecule has 0 radical (unpaired) electrons. The van der Waals surface area contributed by atoms with Crippen molar-refractivity contribution in [2.45, 2.75) is 0 Å². The number of hydrogen-bond donors (Lipinski definition) is 0. The number of carbonyl (C=O) groups is 2. The standard InChI is InChI=1S/C26H22O8/c1-29-18-7-8-19(23(14-18)30-2)20(27)9-4-16-5-10-22(24(12-16)31-3)34-26(28)17-6-11-21-25(13-17)33-15-32-21/h4-14H,15H2,1-3H3/b9-4+. The highest BCUT2D eigenvalue weighted by Crippen LogP contribution is 2.34. The molecule has 0 N–H and O–H groups in total. The fourth-order valence-corrected chi connectivity index (χ4v) is 3.32. The van der Waals surface area contributed by atoms with Crippen LogP contribution in [0.25, 0.3) is 6.08 Å². The van der Waals surface area contributed by atoms with Crippen LogP contribution in [0.15, 0.2) is 60.7 Å². The molecule has 0 bridgehead atoms. The van der Waals surface area contributed by atoms with Gasteiger partial charge in [0, 0.05) is 6.07 Å². The van der Waals surface area contributed by atoms with Crippen LogP contribution in [0.5, 0.6) is 34.5 Å². The molecule has 0 aromatic heterocycles. The van der Waals surface area contributed by atoms with Crippen molar-refractivity contribution in [3.8, 4) is 34.5 Å². The second-order valence-electron chi connectivity index (χ2n) is 7.13.